The highest BCUT2D eigenvalue weighted by Crippen LogP contribution is 1.81. The topological polar surface area (TPSA) is 63.2 Å². The molecule has 0 unspecified atom stereocenters. The maximum atomic E-state index is 10.8. The van der Waals surface area contributed by atoms with E-state index in [9.17, 15) is 13.2 Å². The number of sulfonamides is 1. The Hall–Kier alpha value is -1.02. The maximum Gasteiger partial charge on any atom is 0.246 e. The first-order valence-electron chi connectivity index (χ1n) is 2.88. The smallest absolute Gasteiger partial charge is 0.246 e. The van der Waals surface area contributed by atoms with Gasteiger partial charge in [0, 0.05) is 6.92 Å². The van der Waals surface area contributed by atoms with Crippen molar-refractivity contribution < 1.29 is 13.2 Å². The molecule has 0 saturated carbocycles. The summed E-state index contributed by atoms with van der Waals surface area (Å²) >= 11 is 0. The van der Waals surface area contributed by atoms with Crippen LogP contribution in [0, 0.1) is 11.8 Å². The molecule has 4 nitrogen and oxygen atoms in total. The fourth-order valence-corrected chi connectivity index (χ4v) is 1.27. The van der Waals surface area contributed by atoms with E-state index in [-0.39, 0.29) is 5.75 Å². The number of nitrogens with one attached hydrogen (secondary N) is 1. The molecule has 0 aromatic heterocycles. The second-order valence-electron chi connectivity index (χ2n) is 1.84. The number of rotatable bonds is 2. The van der Waals surface area contributed by atoms with Crippen LogP contribution in [0.5, 0.6) is 0 Å². The monoisotopic (exact) mass is 175 g/mol. The first-order valence-corrected chi connectivity index (χ1v) is 4.54. The van der Waals surface area contributed by atoms with Gasteiger partial charge in [-0.1, -0.05) is 5.92 Å². The molecule has 0 aliphatic rings. The summed E-state index contributed by atoms with van der Waals surface area (Å²) in [6.07, 6.45) is 0. The summed E-state index contributed by atoms with van der Waals surface area (Å²) in [5.74, 6) is 3.83. The molecule has 0 atom stereocenters. The summed E-state index contributed by atoms with van der Waals surface area (Å²) in [4.78, 5) is 10.3. The van der Waals surface area contributed by atoms with E-state index < -0.39 is 15.9 Å². The highest BCUT2D eigenvalue weighted by atomic mass is 32.2. The van der Waals surface area contributed by atoms with Crippen LogP contribution in [-0.2, 0) is 14.8 Å². The van der Waals surface area contributed by atoms with Crippen LogP contribution in [0.1, 0.15) is 13.8 Å². The molecule has 1 amide bonds. The van der Waals surface area contributed by atoms with Gasteiger partial charge in [-0.3, -0.25) is 9.52 Å². The predicted molar refractivity (Wildman–Crippen MR) is 41.1 cm³/mol. The van der Waals surface area contributed by atoms with Crippen molar-refractivity contribution in [3.8, 4) is 11.8 Å². The van der Waals surface area contributed by atoms with E-state index in [1.54, 1.807) is 4.72 Å². The van der Waals surface area contributed by atoms with Crippen LogP contribution in [0.2, 0.25) is 0 Å². The first kappa shape index (κ1) is 9.98. The number of carbonyl (C=O) groups excluding carboxylic acids is 1. The minimum absolute atomic E-state index is 0.330. The number of carbonyl (C=O) groups is 1. The Bertz CT molecular complexity index is 294. The SMILES string of the molecule is CC#CCS(=O)(=O)NC(C)=O. The third-order valence-electron chi connectivity index (χ3n) is 0.738. The summed E-state index contributed by atoms with van der Waals surface area (Å²) in [5, 5.41) is 0. The van der Waals surface area contributed by atoms with Gasteiger partial charge >= 0.3 is 0 Å². The average Bonchev–Trinajstić information content (AvgIpc) is 1.81. The van der Waals surface area contributed by atoms with E-state index in [1.165, 1.54) is 6.92 Å². The molecule has 0 saturated heterocycles. The van der Waals surface area contributed by atoms with Gasteiger partial charge in [0.1, 0.15) is 5.75 Å². The van der Waals surface area contributed by atoms with Crippen LogP contribution in [0.25, 0.3) is 0 Å². The van der Waals surface area contributed by atoms with Crippen molar-refractivity contribution >= 4 is 15.9 Å². The molecule has 0 aromatic rings. The number of hydrogen-bond acceptors (Lipinski definition) is 3. The summed E-state index contributed by atoms with van der Waals surface area (Å²) in [6, 6.07) is 0. The molecule has 62 valence electrons. The largest absolute Gasteiger partial charge is 0.274 e. The summed E-state index contributed by atoms with van der Waals surface area (Å²) < 4.78 is 23.3. The molecule has 0 rings (SSSR count). The Labute approximate surface area is 66.0 Å². The van der Waals surface area contributed by atoms with Gasteiger partial charge in [-0.25, -0.2) is 8.42 Å². The normalized spacial score (nSPS) is 9.64. The molecule has 0 spiro atoms. The quantitative estimate of drug-likeness (QED) is 0.574. The third-order valence-corrected chi connectivity index (χ3v) is 1.86. The van der Waals surface area contributed by atoms with Crippen molar-refractivity contribution in [3.05, 3.63) is 0 Å². The average molecular weight is 175 g/mol. The Morgan fingerprint density at radius 2 is 2.09 bits per heavy atom. The van der Waals surface area contributed by atoms with Gasteiger partial charge < -0.3 is 0 Å². The molecule has 0 radical (unpaired) electrons. The van der Waals surface area contributed by atoms with E-state index in [2.05, 4.69) is 11.8 Å². The lowest BCUT2D eigenvalue weighted by Gasteiger charge is -1.97. The second kappa shape index (κ2) is 3.98. The van der Waals surface area contributed by atoms with Crippen LogP contribution in [-0.4, -0.2) is 20.1 Å². The van der Waals surface area contributed by atoms with Crippen LogP contribution in [0.4, 0.5) is 0 Å². The van der Waals surface area contributed by atoms with E-state index in [4.69, 9.17) is 0 Å². The summed E-state index contributed by atoms with van der Waals surface area (Å²) in [6.45, 7) is 2.67. The molecule has 0 heterocycles. The summed E-state index contributed by atoms with van der Waals surface area (Å²) in [7, 11) is -3.52. The zero-order valence-electron chi connectivity index (χ0n) is 6.34. The molecule has 0 fully saturated rings. The van der Waals surface area contributed by atoms with Crippen molar-refractivity contribution in [3.63, 3.8) is 0 Å². The van der Waals surface area contributed by atoms with Crippen molar-refractivity contribution in [2.24, 2.45) is 0 Å². The Morgan fingerprint density at radius 3 is 2.45 bits per heavy atom. The predicted octanol–water partition coefficient (Wildman–Crippen LogP) is -0.524. The molecule has 0 bridgehead atoms. The van der Waals surface area contributed by atoms with Crippen molar-refractivity contribution in [1.82, 2.24) is 4.72 Å². The van der Waals surface area contributed by atoms with E-state index in [0.717, 1.165) is 6.92 Å². The van der Waals surface area contributed by atoms with Crippen molar-refractivity contribution in [2.45, 2.75) is 13.8 Å². The maximum absolute atomic E-state index is 10.8. The molecule has 1 N–H and O–H groups in total. The third kappa shape index (κ3) is 5.43. The van der Waals surface area contributed by atoms with Gasteiger partial charge in [0.05, 0.1) is 0 Å². The van der Waals surface area contributed by atoms with Gasteiger partial charge in [0.2, 0.25) is 15.9 Å². The lowest BCUT2D eigenvalue weighted by atomic mass is 10.7. The van der Waals surface area contributed by atoms with E-state index >= 15 is 0 Å². The minimum Gasteiger partial charge on any atom is -0.274 e. The van der Waals surface area contributed by atoms with Crippen LogP contribution >= 0.6 is 0 Å². The van der Waals surface area contributed by atoms with Crippen molar-refractivity contribution in [2.75, 3.05) is 5.75 Å². The standard InChI is InChI=1S/C6H9NO3S/c1-3-4-5-11(9,10)7-6(2)8/h5H2,1-2H3,(H,7,8). The molecular weight excluding hydrogens is 166 g/mol. The van der Waals surface area contributed by atoms with Crippen LogP contribution in [0.3, 0.4) is 0 Å². The van der Waals surface area contributed by atoms with Gasteiger partial charge in [-0.2, -0.15) is 0 Å². The zero-order chi connectivity index (χ0) is 8.91. The van der Waals surface area contributed by atoms with E-state index in [1.807, 2.05) is 0 Å². The number of amides is 1. The minimum atomic E-state index is -3.52. The molecule has 0 aliphatic carbocycles. The Kier molecular flexibility index (Phi) is 3.61. The molecular formula is C6H9NO3S. The summed E-state index contributed by atoms with van der Waals surface area (Å²) in [5.41, 5.74) is 0. The lowest BCUT2D eigenvalue weighted by Crippen LogP contribution is -2.29. The van der Waals surface area contributed by atoms with Crippen LogP contribution < -0.4 is 4.72 Å². The highest BCUT2D eigenvalue weighted by Gasteiger charge is 2.08. The van der Waals surface area contributed by atoms with Gasteiger partial charge in [-0.05, 0) is 6.92 Å². The fraction of sp³-hybridized carbons (Fsp3) is 0.500. The Balaban J connectivity index is 4.21. The number of hydrogen-bond donors (Lipinski definition) is 1. The van der Waals surface area contributed by atoms with Gasteiger partial charge in [-0.15, -0.1) is 5.92 Å². The second-order valence-corrected chi connectivity index (χ2v) is 3.57. The highest BCUT2D eigenvalue weighted by molar-refractivity contribution is 7.90. The molecule has 5 heteroatoms. The van der Waals surface area contributed by atoms with E-state index in [0.29, 0.717) is 0 Å². The van der Waals surface area contributed by atoms with Gasteiger partial charge in [0.25, 0.3) is 0 Å². The fourth-order valence-electron chi connectivity index (χ4n) is 0.422. The molecule has 0 aliphatic heterocycles. The molecule has 11 heavy (non-hydrogen) atoms. The van der Waals surface area contributed by atoms with Crippen LogP contribution in [0.15, 0.2) is 0 Å². The lowest BCUT2D eigenvalue weighted by molar-refractivity contribution is -0.117. The van der Waals surface area contributed by atoms with Crippen molar-refractivity contribution in [1.29, 1.82) is 0 Å². The van der Waals surface area contributed by atoms with Gasteiger partial charge in [0.15, 0.2) is 0 Å². The zero-order valence-corrected chi connectivity index (χ0v) is 7.16. The first-order chi connectivity index (χ1) is 4.98. The molecule has 0 aromatic carbocycles. The Morgan fingerprint density at radius 1 is 1.55 bits per heavy atom.